The lowest BCUT2D eigenvalue weighted by Crippen LogP contribution is -2.24. The van der Waals surface area contributed by atoms with Crippen LogP contribution >= 0.6 is 0 Å². The number of hydrogen-bond donors (Lipinski definition) is 1. The van der Waals surface area contributed by atoms with E-state index in [9.17, 15) is 0 Å². The molecule has 0 saturated carbocycles. The zero-order valence-corrected chi connectivity index (χ0v) is 10.8. The first kappa shape index (κ1) is 11.2. The van der Waals surface area contributed by atoms with E-state index in [-0.39, 0.29) is 0 Å². The van der Waals surface area contributed by atoms with Crippen molar-refractivity contribution in [1.29, 1.82) is 0 Å². The lowest BCUT2D eigenvalue weighted by Gasteiger charge is -2.30. The molecule has 1 aromatic heterocycles. The summed E-state index contributed by atoms with van der Waals surface area (Å²) in [5, 5.41) is 3.42. The lowest BCUT2D eigenvalue weighted by atomic mass is 9.77. The molecule has 2 aromatic rings. The van der Waals surface area contributed by atoms with Gasteiger partial charge >= 0.3 is 0 Å². The molecule has 0 aliphatic heterocycles. The molecule has 1 aliphatic carbocycles. The summed E-state index contributed by atoms with van der Waals surface area (Å²) in [6, 6.07) is 10.7. The summed E-state index contributed by atoms with van der Waals surface area (Å²) in [6.45, 7) is 4.88. The quantitative estimate of drug-likeness (QED) is 0.895. The van der Waals surface area contributed by atoms with Gasteiger partial charge in [0.15, 0.2) is 0 Å². The highest BCUT2D eigenvalue weighted by Gasteiger charge is 2.24. The van der Waals surface area contributed by atoms with E-state index in [1.165, 1.54) is 17.5 Å². The molecule has 0 amide bonds. The highest BCUT2D eigenvalue weighted by Crippen LogP contribution is 2.34. The highest BCUT2D eigenvalue weighted by molar-refractivity contribution is 5.43. The number of aryl methyl sites for hydroxylation is 2. The van der Waals surface area contributed by atoms with Gasteiger partial charge < -0.3 is 5.32 Å². The minimum atomic E-state index is 0.622. The zero-order valence-electron chi connectivity index (χ0n) is 10.8. The van der Waals surface area contributed by atoms with Crippen LogP contribution in [-0.2, 0) is 6.42 Å². The molecule has 1 unspecified atom stereocenters. The second-order valence-corrected chi connectivity index (χ2v) is 4.92. The molecule has 3 nitrogen and oxygen atoms in total. The first-order chi connectivity index (χ1) is 8.72. The number of anilines is 1. The molecule has 0 fully saturated rings. The summed E-state index contributed by atoms with van der Waals surface area (Å²) in [5.74, 6) is 2.38. The van der Waals surface area contributed by atoms with Crippen LogP contribution in [0, 0.1) is 13.8 Å². The lowest BCUT2D eigenvalue weighted by molar-refractivity contribution is 0.634. The number of hydrogen-bond acceptors (Lipinski definition) is 3. The number of rotatable bonds is 3. The molecule has 1 atom stereocenters. The summed E-state index contributed by atoms with van der Waals surface area (Å²) < 4.78 is 0. The topological polar surface area (TPSA) is 37.8 Å². The van der Waals surface area contributed by atoms with Gasteiger partial charge in [-0.05, 0) is 31.4 Å². The molecular weight excluding hydrogens is 222 g/mol. The minimum absolute atomic E-state index is 0.622. The van der Waals surface area contributed by atoms with E-state index in [1.807, 2.05) is 19.9 Å². The van der Waals surface area contributed by atoms with Crippen LogP contribution in [0.15, 0.2) is 30.3 Å². The van der Waals surface area contributed by atoms with Crippen LogP contribution in [0.4, 0.5) is 5.82 Å². The summed E-state index contributed by atoms with van der Waals surface area (Å²) in [5.41, 5.74) is 3.98. The van der Waals surface area contributed by atoms with Gasteiger partial charge in [0, 0.05) is 24.2 Å². The van der Waals surface area contributed by atoms with E-state index in [2.05, 4.69) is 39.6 Å². The summed E-state index contributed by atoms with van der Waals surface area (Å²) in [7, 11) is 0. The molecule has 1 heterocycles. The summed E-state index contributed by atoms with van der Waals surface area (Å²) >= 11 is 0. The van der Waals surface area contributed by atoms with Gasteiger partial charge in [0.1, 0.15) is 11.6 Å². The Morgan fingerprint density at radius 2 is 2.06 bits per heavy atom. The van der Waals surface area contributed by atoms with Gasteiger partial charge in [-0.1, -0.05) is 24.3 Å². The first-order valence-corrected chi connectivity index (χ1v) is 6.36. The normalized spacial score (nSPS) is 16.9. The van der Waals surface area contributed by atoms with Gasteiger partial charge in [-0.15, -0.1) is 0 Å². The molecule has 3 rings (SSSR count). The maximum absolute atomic E-state index is 4.40. The Hall–Kier alpha value is -1.90. The van der Waals surface area contributed by atoms with Crippen LogP contribution in [0.5, 0.6) is 0 Å². The van der Waals surface area contributed by atoms with Crippen LogP contribution in [0.25, 0.3) is 0 Å². The predicted molar refractivity (Wildman–Crippen MR) is 72.9 cm³/mol. The largest absolute Gasteiger partial charge is 0.369 e. The molecule has 3 heteroatoms. The smallest absolute Gasteiger partial charge is 0.129 e. The van der Waals surface area contributed by atoms with Crippen molar-refractivity contribution >= 4 is 5.82 Å². The molecule has 0 bridgehead atoms. The van der Waals surface area contributed by atoms with Crippen molar-refractivity contribution in [1.82, 2.24) is 9.97 Å². The molecule has 1 N–H and O–H groups in total. The average molecular weight is 239 g/mol. The molecule has 0 radical (unpaired) electrons. The Kier molecular flexibility index (Phi) is 2.74. The van der Waals surface area contributed by atoms with E-state index < -0.39 is 0 Å². The molecule has 1 aliphatic rings. The van der Waals surface area contributed by atoms with Gasteiger partial charge in [-0.25, -0.2) is 9.97 Å². The first-order valence-electron chi connectivity index (χ1n) is 6.36. The van der Waals surface area contributed by atoms with Crippen molar-refractivity contribution in [3.05, 3.63) is 53.0 Å². The number of aromatic nitrogens is 2. The van der Waals surface area contributed by atoms with Crippen molar-refractivity contribution < 1.29 is 0 Å². The SMILES string of the molecule is Cc1cc(NCC2Cc3ccccc32)nc(C)n1. The number of nitrogens with one attached hydrogen (secondary N) is 1. The van der Waals surface area contributed by atoms with Crippen LogP contribution in [0.1, 0.15) is 28.6 Å². The van der Waals surface area contributed by atoms with Crippen LogP contribution in [-0.4, -0.2) is 16.5 Å². The second-order valence-electron chi connectivity index (χ2n) is 4.92. The third-order valence-corrected chi connectivity index (χ3v) is 3.46. The van der Waals surface area contributed by atoms with E-state index in [4.69, 9.17) is 0 Å². The Balaban J connectivity index is 1.66. The predicted octanol–water partition coefficient (Wildman–Crippen LogP) is 2.85. The van der Waals surface area contributed by atoms with Gasteiger partial charge in [0.25, 0.3) is 0 Å². The van der Waals surface area contributed by atoms with E-state index in [0.29, 0.717) is 5.92 Å². The number of fused-ring (bicyclic) bond motifs is 1. The third-order valence-electron chi connectivity index (χ3n) is 3.46. The van der Waals surface area contributed by atoms with Crippen molar-refractivity contribution in [2.45, 2.75) is 26.2 Å². The van der Waals surface area contributed by atoms with E-state index >= 15 is 0 Å². The maximum Gasteiger partial charge on any atom is 0.129 e. The Morgan fingerprint density at radius 3 is 2.83 bits per heavy atom. The molecule has 1 aromatic carbocycles. The number of nitrogens with zero attached hydrogens (tertiary/aromatic N) is 2. The molecule has 0 saturated heterocycles. The molecule has 18 heavy (non-hydrogen) atoms. The third kappa shape index (κ3) is 2.08. The Bertz CT molecular complexity index is 557. The van der Waals surface area contributed by atoms with Gasteiger partial charge in [-0.3, -0.25) is 0 Å². The van der Waals surface area contributed by atoms with Crippen LogP contribution in [0.3, 0.4) is 0 Å². The standard InChI is InChI=1S/C15H17N3/c1-10-7-15(18-11(2)17-10)16-9-13-8-12-5-3-4-6-14(12)13/h3-7,13H,8-9H2,1-2H3,(H,16,17,18). The summed E-state index contributed by atoms with van der Waals surface area (Å²) in [6.07, 6.45) is 1.17. The highest BCUT2D eigenvalue weighted by atomic mass is 15.0. The van der Waals surface area contributed by atoms with Crippen LogP contribution in [0.2, 0.25) is 0 Å². The van der Waals surface area contributed by atoms with Gasteiger partial charge in [0.05, 0.1) is 0 Å². The Morgan fingerprint density at radius 1 is 1.22 bits per heavy atom. The van der Waals surface area contributed by atoms with E-state index in [0.717, 1.165) is 23.9 Å². The van der Waals surface area contributed by atoms with Crippen LogP contribution < -0.4 is 5.32 Å². The van der Waals surface area contributed by atoms with Crippen molar-refractivity contribution in [3.63, 3.8) is 0 Å². The van der Waals surface area contributed by atoms with Gasteiger partial charge in [-0.2, -0.15) is 0 Å². The van der Waals surface area contributed by atoms with Crippen molar-refractivity contribution in [2.75, 3.05) is 11.9 Å². The molecule has 92 valence electrons. The minimum Gasteiger partial charge on any atom is -0.369 e. The monoisotopic (exact) mass is 239 g/mol. The molecular formula is C15H17N3. The fourth-order valence-corrected chi connectivity index (χ4v) is 2.58. The van der Waals surface area contributed by atoms with Gasteiger partial charge in [0.2, 0.25) is 0 Å². The van der Waals surface area contributed by atoms with Crippen molar-refractivity contribution in [2.24, 2.45) is 0 Å². The maximum atomic E-state index is 4.40. The van der Waals surface area contributed by atoms with E-state index in [1.54, 1.807) is 0 Å². The zero-order chi connectivity index (χ0) is 12.5. The fourth-order valence-electron chi connectivity index (χ4n) is 2.58. The Labute approximate surface area is 107 Å². The second kappa shape index (κ2) is 4.41. The molecule has 0 spiro atoms. The van der Waals surface area contributed by atoms with Crippen molar-refractivity contribution in [3.8, 4) is 0 Å². The summed E-state index contributed by atoms with van der Waals surface area (Å²) in [4.78, 5) is 8.68. The average Bonchev–Trinajstić information content (AvgIpc) is 2.29. The number of benzene rings is 1. The fraction of sp³-hybridized carbons (Fsp3) is 0.333.